The monoisotopic (exact) mass is 784 g/mol. The molecule has 1 saturated carbocycles. The highest BCUT2D eigenvalue weighted by molar-refractivity contribution is 5.98. The fourth-order valence-corrected chi connectivity index (χ4v) is 6.84. The van der Waals surface area contributed by atoms with E-state index in [1.165, 1.54) is 16.9 Å². The molecule has 16 nitrogen and oxygen atoms in total. The molecule has 2 amide bonds. The molecule has 1 aliphatic heterocycles. The summed E-state index contributed by atoms with van der Waals surface area (Å²) in [5.74, 6) is -1.59. The first-order valence-electron chi connectivity index (χ1n) is 19.6. The van der Waals surface area contributed by atoms with Crippen LogP contribution >= 0.6 is 0 Å². The van der Waals surface area contributed by atoms with Crippen molar-refractivity contribution in [3.63, 3.8) is 0 Å². The number of hydrogen-bond donors (Lipinski definition) is 3. The Morgan fingerprint density at radius 2 is 1.75 bits per heavy atom. The molecule has 3 N–H and O–H groups in total. The van der Waals surface area contributed by atoms with Crippen LogP contribution in [-0.2, 0) is 43.7 Å². The first kappa shape index (κ1) is 44.4. The molecule has 1 saturated heterocycles. The number of aliphatic hydroxyl groups is 1. The highest BCUT2D eigenvalue weighted by Crippen LogP contribution is 2.42. The largest absolute Gasteiger partial charge is 0.463 e. The summed E-state index contributed by atoms with van der Waals surface area (Å²) >= 11 is 0. The molecule has 56 heavy (non-hydrogen) atoms. The SMILES string of the molecule is CCCCOC(C)(C)C(=O)Nc1ncnn2c([C@]3(C#N)O[C@H](COC(=O)CC4CCCCCC4)[C@@H](OC(=O)[C@@H](NC(=O)OC(C)(C)C)C(C)(C)C)[C@H]3O)ccc12. The molecule has 0 radical (unpaired) electrons. The lowest BCUT2D eigenvalue weighted by molar-refractivity contribution is -0.164. The van der Waals surface area contributed by atoms with Crippen LogP contribution in [0.15, 0.2) is 18.5 Å². The van der Waals surface area contributed by atoms with Gasteiger partial charge in [0.1, 0.15) is 54.0 Å². The van der Waals surface area contributed by atoms with E-state index in [0.717, 1.165) is 51.4 Å². The summed E-state index contributed by atoms with van der Waals surface area (Å²) in [6.07, 6.45) is 3.63. The maximum Gasteiger partial charge on any atom is 0.408 e. The molecule has 0 spiro atoms. The Labute approximate surface area is 329 Å². The Morgan fingerprint density at radius 3 is 2.36 bits per heavy atom. The van der Waals surface area contributed by atoms with Crippen LogP contribution in [-0.4, -0.2) is 92.4 Å². The van der Waals surface area contributed by atoms with Gasteiger partial charge >= 0.3 is 18.0 Å². The van der Waals surface area contributed by atoms with Gasteiger partial charge in [-0.05, 0) is 77.3 Å². The quantitative estimate of drug-likeness (QED) is 0.0936. The van der Waals surface area contributed by atoms with Gasteiger partial charge in [0.2, 0.25) is 5.60 Å². The number of fused-ring (bicyclic) bond motifs is 1. The van der Waals surface area contributed by atoms with Crippen molar-refractivity contribution in [2.45, 2.75) is 161 Å². The first-order chi connectivity index (χ1) is 26.2. The van der Waals surface area contributed by atoms with Crippen molar-refractivity contribution in [3.8, 4) is 6.07 Å². The minimum absolute atomic E-state index is 0.0337. The van der Waals surface area contributed by atoms with Crippen molar-refractivity contribution in [1.82, 2.24) is 19.9 Å². The van der Waals surface area contributed by atoms with Crippen molar-refractivity contribution >= 4 is 35.3 Å². The molecule has 310 valence electrons. The van der Waals surface area contributed by atoms with E-state index in [9.17, 15) is 29.5 Å². The van der Waals surface area contributed by atoms with Gasteiger partial charge in [0.25, 0.3) is 5.91 Å². The lowest BCUT2D eigenvalue weighted by atomic mass is 9.86. The lowest BCUT2D eigenvalue weighted by Gasteiger charge is -2.32. The van der Waals surface area contributed by atoms with Gasteiger partial charge in [-0.1, -0.05) is 59.8 Å². The minimum Gasteiger partial charge on any atom is -0.463 e. The lowest BCUT2D eigenvalue weighted by Crippen LogP contribution is -2.53. The van der Waals surface area contributed by atoms with Crippen molar-refractivity contribution in [1.29, 1.82) is 5.26 Å². The van der Waals surface area contributed by atoms with Gasteiger partial charge in [-0.15, -0.1) is 0 Å². The molecule has 2 aromatic heterocycles. The molecule has 2 aromatic rings. The fraction of sp³-hybridized carbons (Fsp3) is 0.725. The number of anilines is 1. The summed E-state index contributed by atoms with van der Waals surface area (Å²) in [4.78, 5) is 57.4. The third-order valence-corrected chi connectivity index (χ3v) is 10.0. The Morgan fingerprint density at radius 1 is 1.07 bits per heavy atom. The third-order valence-electron chi connectivity index (χ3n) is 10.0. The van der Waals surface area contributed by atoms with Crippen LogP contribution in [0, 0.1) is 22.7 Å². The Bertz CT molecular complexity index is 1730. The number of alkyl carbamates (subject to hydrolysis) is 1. The van der Waals surface area contributed by atoms with Crippen LogP contribution in [0.25, 0.3) is 5.52 Å². The van der Waals surface area contributed by atoms with Crippen LogP contribution in [0.2, 0.25) is 0 Å². The molecule has 3 heterocycles. The number of carbonyl (C=O) groups excluding carboxylic acids is 4. The van der Waals surface area contributed by atoms with Crippen LogP contribution in [0.5, 0.6) is 0 Å². The highest BCUT2D eigenvalue weighted by Gasteiger charge is 2.60. The van der Waals surface area contributed by atoms with Gasteiger partial charge in [-0.2, -0.15) is 10.4 Å². The predicted octanol–water partition coefficient (Wildman–Crippen LogP) is 5.50. The average molecular weight is 785 g/mol. The molecular formula is C40H60N6O10. The van der Waals surface area contributed by atoms with Gasteiger partial charge < -0.3 is 39.4 Å². The predicted molar refractivity (Wildman–Crippen MR) is 204 cm³/mol. The van der Waals surface area contributed by atoms with E-state index in [2.05, 4.69) is 26.8 Å². The van der Waals surface area contributed by atoms with Crippen molar-refractivity contribution in [2.24, 2.45) is 11.3 Å². The standard InChI is InChI=1S/C40H60N6O10/c1-10-11-20-53-39(8,9)35(50)45-33-26-18-19-28(46(26)43-24-42-33)40(23-41)32(48)30(27(55-40)22-52-29(47)21-25-16-14-12-13-15-17-25)54-34(49)31(37(2,3)4)44-36(51)56-38(5,6)7/h18-19,24-25,27,30-32,48H,10-17,20-22H2,1-9H3,(H,44,51)(H,42,43,45,50)/t27-,30-,31-,32-,40+/m1/s1. The van der Waals surface area contributed by atoms with Gasteiger partial charge in [0, 0.05) is 13.0 Å². The second-order valence-corrected chi connectivity index (χ2v) is 17.3. The Kier molecular flexibility index (Phi) is 14.5. The zero-order valence-electron chi connectivity index (χ0n) is 34.3. The summed E-state index contributed by atoms with van der Waals surface area (Å²) in [6, 6.07) is 3.83. The van der Waals surface area contributed by atoms with E-state index in [-0.39, 0.29) is 29.4 Å². The topological polar surface area (TPSA) is 213 Å². The Hall–Kier alpha value is -4.33. The second kappa shape index (κ2) is 18.3. The fourth-order valence-electron chi connectivity index (χ4n) is 6.84. The minimum atomic E-state index is -2.22. The van der Waals surface area contributed by atoms with Gasteiger partial charge in [0.15, 0.2) is 11.9 Å². The smallest absolute Gasteiger partial charge is 0.408 e. The number of unbranched alkanes of at least 4 members (excludes halogenated alkanes) is 1. The van der Waals surface area contributed by atoms with Gasteiger partial charge in [0.05, 0.1) is 5.69 Å². The molecular weight excluding hydrogens is 724 g/mol. The summed E-state index contributed by atoms with van der Waals surface area (Å²) in [5, 5.41) is 32.5. The molecule has 0 unspecified atom stereocenters. The molecule has 2 fully saturated rings. The van der Waals surface area contributed by atoms with Crippen LogP contribution in [0.1, 0.15) is 126 Å². The number of nitrogens with one attached hydrogen (secondary N) is 2. The number of hydrogen-bond acceptors (Lipinski definition) is 13. The number of ether oxygens (including phenoxy) is 5. The second-order valence-electron chi connectivity index (χ2n) is 17.3. The van der Waals surface area contributed by atoms with Crippen LogP contribution in [0.3, 0.4) is 0 Å². The summed E-state index contributed by atoms with van der Waals surface area (Å²) in [6.45, 7) is 15.4. The number of rotatable bonds is 14. The first-order valence-corrected chi connectivity index (χ1v) is 19.6. The van der Waals surface area contributed by atoms with E-state index in [0.29, 0.717) is 6.61 Å². The number of esters is 2. The molecule has 0 aromatic carbocycles. The maximum atomic E-state index is 14.0. The number of carbonyl (C=O) groups is 4. The number of aliphatic hydroxyl groups excluding tert-OH is 1. The molecule has 16 heteroatoms. The van der Waals surface area contributed by atoms with E-state index in [4.69, 9.17) is 23.7 Å². The van der Waals surface area contributed by atoms with Crippen molar-refractivity contribution < 1.29 is 48.0 Å². The van der Waals surface area contributed by atoms with Crippen molar-refractivity contribution in [3.05, 3.63) is 24.2 Å². The van der Waals surface area contributed by atoms with Gasteiger partial charge in [-0.3, -0.25) is 9.59 Å². The summed E-state index contributed by atoms with van der Waals surface area (Å²) in [7, 11) is 0. The number of nitriles is 1. The Balaban J connectivity index is 1.66. The molecule has 0 bridgehead atoms. The highest BCUT2D eigenvalue weighted by atomic mass is 16.6. The van der Waals surface area contributed by atoms with E-state index < -0.39 is 77.1 Å². The molecule has 2 aliphatic rings. The van der Waals surface area contributed by atoms with E-state index >= 15 is 0 Å². The number of nitrogens with zero attached hydrogens (tertiary/aromatic N) is 4. The number of amides is 2. The maximum absolute atomic E-state index is 14.0. The summed E-state index contributed by atoms with van der Waals surface area (Å²) in [5.41, 5.74) is -4.85. The average Bonchev–Trinajstić information content (AvgIpc) is 3.54. The number of aromatic nitrogens is 3. The van der Waals surface area contributed by atoms with Crippen LogP contribution < -0.4 is 10.6 Å². The zero-order chi connectivity index (χ0) is 41.5. The third kappa shape index (κ3) is 10.9. The van der Waals surface area contributed by atoms with Gasteiger partial charge in [-0.25, -0.2) is 19.1 Å². The summed E-state index contributed by atoms with van der Waals surface area (Å²) < 4.78 is 30.4. The zero-order valence-corrected chi connectivity index (χ0v) is 34.3. The van der Waals surface area contributed by atoms with E-state index in [1.54, 1.807) is 61.5 Å². The normalized spacial score (nSPS) is 22.8. The molecule has 5 atom stereocenters. The molecule has 4 rings (SSSR count). The van der Waals surface area contributed by atoms with E-state index in [1.807, 2.05) is 6.92 Å². The van der Waals surface area contributed by atoms with Crippen molar-refractivity contribution in [2.75, 3.05) is 18.5 Å². The van der Waals surface area contributed by atoms with Crippen LogP contribution in [0.4, 0.5) is 10.6 Å². The molecule has 1 aliphatic carbocycles.